The highest BCUT2D eigenvalue weighted by molar-refractivity contribution is 5.67. The lowest BCUT2D eigenvalue weighted by molar-refractivity contribution is -0.114. The van der Waals surface area contributed by atoms with Gasteiger partial charge in [-0.1, -0.05) is 30.3 Å². The number of hydrogen-bond donors (Lipinski definition) is 3. The first-order chi connectivity index (χ1) is 12.9. The Labute approximate surface area is 157 Å². The van der Waals surface area contributed by atoms with Gasteiger partial charge in [0.15, 0.2) is 11.6 Å². The summed E-state index contributed by atoms with van der Waals surface area (Å²) in [5.74, 6) is -1.51. The van der Waals surface area contributed by atoms with Crippen LogP contribution in [0.1, 0.15) is 42.9 Å². The standard InChI is InChI=1S/C20H23FN2O4/c1-13(14-5-3-2-4-6-14)22-20(26)27-23-9-7-15(8-10-23)16-11-17(21)19(25)12-18(16)24/h2-6,11-13,15,24-25H,7-10H2,1H3,(H,22,26)/t13-/m0/s1. The number of carbonyl (C=O) groups is 1. The summed E-state index contributed by atoms with van der Waals surface area (Å²) in [4.78, 5) is 17.4. The van der Waals surface area contributed by atoms with Gasteiger partial charge in [-0.3, -0.25) is 0 Å². The summed E-state index contributed by atoms with van der Waals surface area (Å²) in [6, 6.07) is 11.6. The lowest BCUT2D eigenvalue weighted by Crippen LogP contribution is -2.39. The number of nitrogens with zero attached hydrogens (tertiary/aromatic N) is 1. The molecule has 1 fully saturated rings. The predicted molar refractivity (Wildman–Crippen MR) is 97.8 cm³/mol. The third-order valence-corrected chi connectivity index (χ3v) is 4.84. The monoisotopic (exact) mass is 374 g/mol. The first-order valence-corrected chi connectivity index (χ1v) is 8.93. The highest BCUT2D eigenvalue weighted by atomic mass is 19.1. The van der Waals surface area contributed by atoms with E-state index in [4.69, 9.17) is 4.84 Å². The summed E-state index contributed by atoms with van der Waals surface area (Å²) in [6.07, 6.45) is 0.668. The van der Waals surface area contributed by atoms with E-state index in [0.29, 0.717) is 31.5 Å². The van der Waals surface area contributed by atoms with E-state index in [9.17, 15) is 19.4 Å². The zero-order valence-electron chi connectivity index (χ0n) is 15.1. The Morgan fingerprint density at radius 1 is 1.19 bits per heavy atom. The molecule has 6 nitrogen and oxygen atoms in total. The van der Waals surface area contributed by atoms with E-state index in [-0.39, 0.29) is 17.7 Å². The molecule has 1 aliphatic rings. The topological polar surface area (TPSA) is 82.0 Å². The Hall–Kier alpha value is -2.80. The van der Waals surface area contributed by atoms with Crippen LogP contribution >= 0.6 is 0 Å². The molecule has 2 aromatic rings. The van der Waals surface area contributed by atoms with E-state index in [1.54, 1.807) is 5.06 Å². The van der Waals surface area contributed by atoms with Gasteiger partial charge in [-0.05, 0) is 37.3 Å². The molecule has 0 bridgehead atoms. The molecule has 1 atom stereocenters. The SMILES string of the molecule is C[C@H](NC(=O)ON1CCC(c2cc(F)c(O)cc2O)CC1)c1ccccc1. The van der Waals surface area contributed by atoms with Crippen molar-refractivity contribution >= 4 is 6.09 Å². The third kappa shape index (κ3) is 4.68. The Morgan fingerprint density at radius 3 is 2.52 bits per heavy atom. The average molecular weight is 374 g/mol. The molecule has 2 aromatic carbocycles. The molecule has 3 rings (SSSR count). The Morgan fingerprint density at radius 2 is 1.85 bits per heavy atom. The number of aromatic hydroxyl groups is 2. The molecule has 144 valence electrons. The second-order valence-electron chi connectivity index (χ2n) is 6.72. The van der Waals surface area contributed by atoms with Crippen LogP contribution in [-0.2, 0) is 4.84 Å². The third-order valence-electron chi connectivity index (χ3n) is 4.84. The maximum atomic E-state index is 13.6. The maximum absolute atomic E-state index is 13.6. The van der Waals surface area contributed by atoms with E-state index in [0.717, 1.165) is 11.6 Å². The van der Waals surface area contributed by atoms with Crippen molar-refractivity contribution in [2.24, 2.45) is 0 Å². The Balaban J connectivity index is 1.51. The molecule has 0 aromatic heterocycles. The molecule has 0 radical (unpaired) electrons. The van der Waals surface area contributed by atoms with Crippen LogP contribution in [0.15, 0.2) is 42.5 Å². The minimum atomic E-state index is -0.754. The van der Waals surface area contributed by atoms with Gasteiger partial charge in [-0.15, -0.1) is 5.06 Å². The zero-order valence-corrected chi connectivity index (χ0v) is 15.1. The smallest absolute Gasteiger partial charge is 0.426 e. The molecule has 0 spiro atoms. The number of hydrogen-bond acceptors (Lipinski definition) is 5. The number of amides is 1. The zero-order chi connectivity index (χ0) is 19.4. The van der Waals surface area contributed by atoms with E-state index >= 15 is 0 Å². The van der Waals surface area contributed by atoms with Gasteiger partial charge in [0.05, 0.1) is 6.04 Å². The van der Waals surface area contributed by atoms with Gasteiger partial charge in [0.2, 0.25) is 0 Å². The number of benzene rings is 2. The lowest BCUT2D eigenvalue weighted by atomic mass is 9.89. The van der Waals surface area contributed by atoms with Gasteiger partial charge in [0.1, 0.15) is 5.75 Å². The number of nitrogens with one attached hydrogen (secondary N) is 1. The molecule has 3 N–H and O–H groups in total. The summed E-state index contributed by atoms with van der Waals surface area (Å²) in [6.45, 7) is 2.82. The van der Waals surface area contributed by atoms with Crippen LogP contribution in [0.5, 0.6) is 11.5 Å². The van der Waals surface area contributed by atoms with Crippen LogP contribution in [0.25, 0.3) is 0 Å². The van der Waals surface area contributed by atoms with Crippen LogP contribution in [-0.4, -0.2) is 34.5 Å². The average Bonchev–Trinajstić information content (AvgIpc) is 2.66. The number of phenolic OH excluding ortho intramolecular Hbond substituents is 2. The minimum Gasteiger partial charge on any atom is -0.508 e. The van der Waals surface area contributed by atoms with Crippen molar-refractivity contribution in [3.63, 3.8) is 0 Å². The second-order valence-corrected chi connectivity index (χ2v) is 6.72. The first kappa shape index (κ1) is 19.0. The van der Waals surface area contributed by atoms with Crippen LogP contribution in [0.4, 0.5) is 9.18 Å². The number of piperidine rings is 1. The molecule has 1 heterocycles. The highest BCUT2D eigenvalue weighted by Gasteiger charge is 2.26. The Bertz CT molecular complexity index is 792. The molecule has 1 saturated heterocycles. The summed E-state index contributed by atoms with van der Waals surface area (Å²) in [7, 11) is 0. The highest BCUT2D eigenvalue weighted by Crippen LogP contribution is 2.36. The number of phenols is 2. The lowest BCUT2D eigenvalue weighted by Gasteiger charge is -2.31. The molecule has 0 unspecified atom stereocenters. The number of rotatable bonds is 4. The first-order valence-electron chi connectivity index (χ1n) is 8.93. The summed E-state index contributed by atoms with van der Waals surface area (Å²) >= 11 is 0. The van der Waals surface area contributed by atoms with Crippen LogP contribution in [0.3, 0.4) is 0 Å². The van der Waals surface area contributed by atoms with E-state index in [1.807, 2.05) is 37.3 Å². The van der Waals surface area contributed by atoms with Crippen LogP contribution in [0.2, 0.25) is 0 Å². The molecule has 27 heavy (non-hydrogen) atoms. The largest absolute Gasteiger partial charge is 0.508 e. The molecule has 0 aliphatic carbocycles. The predicted octanol–water partition coefficient (Wildman–Crippen LogP) is 3.82. The minimum absolute atomic E-state index is 0.0637. The molecular formula is C20H23FN2O4. The van der Waals surface area contributed by atoms with Gasteiger partial charge < -0.3 is 20.4 Å². The van der Waals surface area contributed by atoms with Crippen molar-refractivity contribution in [2.75, 3.05) is 13.1 Å². The molecule has 7 heteroatoms. The van der Waals surface area contributed by atoms with Crippen molar-refractivity contribution in [1.29, 1.82) is 0 Å². The summed E-state index contributed by atoms with van der Waals surface area (Å²) in [5.41, 5.74) is 1.45. The quantitative estimate of drug-likeness (QED) is 0.758. The number of hydroxylamine groups is 2. The molecule has 1 aliphatic heterocycles. The van der Waals surface area contributed by atoms with Gasteiger partial charge in [-0.2, -0.15) is 0 Å². The molecule has 0 saturated carbocycles. The van der Waals surface area contributed by atoms with Crippen LogP contribution < -0.4 is 5.32 Å². The fraction of sp³-hybridized carbons (Fsp3) is 0.350. The van der Waals surface area contributed by atoms with E-state index in [2.05, 4.69) is 5.32 Å². The van der Waals surface area contributed by atoms with E-state index in [1.165, 1.54) is 6.07 Å². The number of carbonyl (C=O) groups excluding carboxylic acids is 1. The second kappa shape index (κ2) is 8.26. The van der Waals surface area contributed by atoms with Crippen molar-refractivity contribution in [3.8, 4) is 11.5 Å². The van der Waals surface area contributed by atoms with Gasteiger partial charge >= 0.3 is 6.09 Å². The van der Waals surface area contributed by atoms with Gasteiger partial charge in [0.25, 0.3) is 0 Å². The molecular weight excluding hydrogens is 351 g/mol. The van der Waals surface area contributed by atoms with Gasteiger partial charge in [0, 0.05) is 24.7 Å². The fourth-order valence-corrected chi connectivity index (χ4v) is 3.30. The van der Waals surface area contributed by atoms with Crippen molar-refractivity contribution in [2.45, 2.75) is 31.7 Å². The summed E-state index contributed by atoms with van der Waals surface area (Å²) < 4.78 is 13.6. The Kier molecular flexibility index (Phi) is 5.81. The number of halogens is 1. The molecule has 1 amide bonds. The van der Waals surface area contributed by atoms with E-state index < -0.39 is 17.7 Å². The van der Waals surface area contributed by atoms with Gasteiger partial charge in [-0.25, -0.2) is 9.18 Å². The van der Waals surface area contributed by atoms with Crippen molar-refractivity contribution < 1.29 is 24.2 Å². The normalized spacial score (nSPS) is 16.7. The summed E-state index contributed by atoms with van der Waals surface area (Å²) in [5, 5.41) is 23.6. The van der Waals surface area contributed by atoms with Crippen molar-refractivity contribution in [3.05, 3.63) is 59.4 Å². The van der Waals surface area contributed by atoms with Crippen molar-refractivity contribution in [1.82, 2.24) is 10.4 Å². The fourth-order valence-electron chi connectivity index (χ4n) is 3.30. The maximum Gasteiger partial charge on any atom is 0.426 e. The van der Waals surface area contributed by atoms with Crippen LogP contribution in [0, 0.1) is 5.82 Å².